The van der Waals surface area contributed by atoms with Crippen molar-refractivity contribution in [2.45, 2.75) is 25.5 Å². The van der Waals surface area contributed by atoms with E-state index in [2.05, 4.69) is 5.16 Å². The van der Waals surface area contributed by atoms with E-state index in [1.807, 2.05) is 0 Å². The molecule has 0 aliphatic carbocycles. The fraction of sp³-hybridized carbons (Fsp3) is 0.462. The van der Waals surface area contributed by atoms with Crippen LogP contribution in [0.4, 0.5) is 0 Å². The summed E-state index contributed by atoms with van der Waals surface area (Å²) in [4.78, 5) is 0. The molecule has 1 rings (SSSR count). The Kier molecular flexibility index (Phi) is 4.99. The van der Waals surface area contributed by atoms with E-state index in [1.54, 1.807) is 45.0 Å². The first-order chi connectivity index (χ1) is 9.19. The van der Waals surface area contributed by atoms with Crippen LogP contribution in [-0.2, 0) is 9.84 Å². The van der Waals surface area contributed by atoms with Crippen molar-refractivity contribution in [3.63, 3.8) is 0 Å². The van der Waals surface area contributed by atoms with Gasteiger partial charge in [0.15, 0.2) is 15.7 Å². The summed E-state index contributed by atoms with van der Waals surface area (Å²) in [6.45, 7) is 4.95. The second-order valence-corrected chi connectivity index (χ2v) is 8.12. The van der Waals surface area contributed by atoms with Crippen LogP contribution in [-0.4, -0.2) is 36.6 Å². The topological polar surface area (TPSA) is 102 Å². The van der Waals surface area contributed by atoms with Gasteiger partial charge in [0.1, 0.15) is 12.4 Å². The molecule has 0 aliphatic rings. The first-order valence-electron chi connectivity index (χ1n) is 6.11. The average Bonchev–Trinajstić information content (AvgIpc) is 2.37. The molecule has 0 spiro atoms. The lowest BCUT2D eigenvalue weighted by molar-refractivity contribution is 0.317. The van der Waals surface area contributed by atoms with Gasteiger partial charge in [-0.25, -0.2) is 8.42 Å². The number of rotatable bonds is 5. The maximum Gasteiger partial charge on any atom is 0.173 e. The maximum atomic E-state index is 11.9. The van der Waals surface area contributed by atoms with Crippen LogP contribution in [0.2, 0.25) is 0 Å². The Hall–Kier alpha value is -1.76. The fourth-order valence-electron chi connectivity index (χ4n) is 1.43. The Morgan fingerprint density at radius 1 is 1.35 bits per heavy atom. The number of oxime groups is 1. The minimum absolute atomic E-state index is 0.00925. The van der Waals surface area contributed by atoms with Crippen LogP contribution >= 0.6 is 0 Å². The highest BCUT2D eigenvalue weighted by Gasteiger charge is 2.28. The van der Waals surface area contributed by atoms with Crippen molar-refractivity contribution in [2.75, 3.05) is 12.4 Å². The molecule has 0 aliphatic heterocycles. The Bertz CT molecular complexity index is 589. The maximum absolute atomic E-state index is 11.9. The summed E-state index contributed by atoms with van der Waals surface area (Å²) >= 11 is 0. The second-order valence-electron chi connectivity index (χ2n) is 5.26. The monoisotopic (exact) mass is 300 g/mol. The minimum Gasteiger partial charge on any atom is -0.492 e. The third-order valence-corrected chi connectivity index (χ3v) is 5.38. The molecule has 0 saturated heterocycles. The summed E-state index contributed by atoms with van der Waals surface area (Å²) in [6, 6.07) is 6.70. The van der Waals surface area contributed by atoms with Crippen molar-refractivity contribution in [3.8, 4) is 5.75 Å². The summed E-state index contributed by atoms with van der Waals surface area (Å²) in [5.41, 5.74) is 5.94. The first-order valence-corrected chi connectivity index (χ1v) is 7.76. The molecule has 0 unspecified atom stereocenters. The van der Waals surface area contributed by atoms with Gasteiger partial charge >= 0.3 is 0 Å². The summed E-state index contributed by atoms with van der Waals surface area (Å²) in [5.74, 6) is 0.201. The summed E-state index contributed by atoms with van der Waals surface area (Å²) < 4.78 is 28.5. The molecule has 1 aromatic carbocycles. The normalized spacial score (nSPS) is 13.2. The second kappa shape index (κ2) is 6.13. The van der Waals surface area contributed by atoms with Crippen LogP contribution in [0.5, 0.6) is 5.75 Å². The number of nitrogens with zero attached hydrogens (tertiary/aromatic N) is 1. The molecular formula is C13H20N2O4S. The summed E-state index contributed by atoms with van der Waals surface area (Å²) in [7, 11) is -3.24. The van der Waals surface area contributed by atoms with Crippen LogP contribution in [0.15, 0.2) is 29.4 Å². The molecule has 0 atom stereocenters. The molecule has 0 bridgehead atoms. The number of benzene rings is 1. The predicted octanol–water partition coefficient (Wildman–Crippen LogP) is 1.37. The highest BCUT2D eigenvalue weighted by molar-refractivity contribution is 7.92. The zero-order valence-corrected chi connectivity index (χ0v) is 12.6. The largest absolute Gasteiger partial charge is 0.492 e. The van der Waals surface area contributed by atoms with E-state index >= 15 is 0 Å². The molecule has 0 fully saturated rings. The number of nitrogens with two attached hydrogens (primary N) is 1. The minimum atomic E-state index is -3.24. The number of hydrogen-bond donors (Lipinski definition) is 2. The highest BCUT2D eigenvalue weighted by atomic mass is 32.2. The fourth-order valence-corrected chi connectivity index (χ4v) is 2.34. The zero-order chi connectivity index (χ0) is 15.4. The Balaban J connectivity index is 2.78. The molecule has 20 heavy (non-hydrogen) atoms. The molecule has 7 heteroatoms. The van der Waals surface area contributed by atoms with Crippen LogP contribution in [0.1, 0.15) is 26.3 Å². The van der Waals surface area contributed by atoms with Crippen LogP contribution in [0, 0.1) is 0 Å². The molecule has 0 aromatic heterocycles. The van der Waals surface area contributed by atoms with E-state index in [9.17, 15) is 8.42 Å². The molecule has 6 nitrogen and oxygen atoms in total. The van der Waals surface area contributed by atoms with Crippen molar-refractivity contribution >= 4 is 15.7 Å². The molecule has 112 valence electrons. The lowest BCUT2D eigenvalue weighted by Crippen LogP contribution is -2.32. The number of hydrogen-bond acceptors (Lipinski definition) is 5. The number of amidine groups is 1. The lowest BCUT2D eigenvalue weighted by Gasteiger charge is -2.19. The van der Waals surface area contributed by atoms with Gasteiger partial charge in [-0.15, -0.1) is 0 Å². The smallest absolute Gasteiger partial charge is 0.173 e. The lowest BCUT2D eigenvalue weighted by atomic mass is 10.2. The number of ether oxygens (including phenoxy) is 1. The van der Waals surface area contributed by atoms with Gasteiger partial charge in [-0.2, -0.15) is 0 Å². The Morgan fingerprint density at radius 3 is 2.50 bits per heavy atom. The van der Waals surface area contributed by atoms with Gasteiger partial charge in [0.25, 0.3) is 0 Å². The third kappa shape index (κ3) is 3.86. The van der Waals surface area contributed by atoms with Gasteiger partial charge in [0, 0.05) is 0 Å². The van der Waals surface area contributed by atoms with E-state index in [1.165, 1.54) is 0 Å². The molecular weight excluding hydrogens is 280 g/mol. The number of para-hydroxylation sites is 1. The SMILES string of the molecule is CC(C)(C)S(=O)(=O)CCOc1ccccc1/C(N)=N/O. The van der Waals surface area contributed by atoms with E-state index in [0.717, 1.165) is 0 Å². The third-order valence-electron chi connectivity index (χ3n) is 2.81. The van der Waals surface area contributed by atoms with Crippen LogP contribution in [0.3, 0.4) is 0 Å². The van der Waals surface area contributed by atoms with Crippen molar-refractivity contribution in [3.05, 3.63) is 29.8 Å². The quantitative estimate of drug-likeness (QED) is 0.370. The highest BCUT2D eigenvalue weighted by Crippen LogP contribution is 2.19. The van der Waals surface area contributed by atoms with Crippen molar-refractivity contribution in [1.82, 2.24) is 0 Å². The molecule has 0 heterocycles. The standard InChI is InChI=1S/C13H20N2O4S/c1-13(2,3)20(17,18)9-8-19-11-7-5-4-6-10(11)12(14)15-16/h4-7,16H,8-9H2,1-3H3,(H2,14,15). The van der Waals surface area contributed by atoms with Gasteiger partial charge in [0.2, 0.25) is 0 Å². The predicted molar refractivity (Wildman–Crippen MR) is 78.0 cm³/mol. The van der Waals surface area contributed by atoms with E-state index in [0.29, 0.717) is 11.3 Å². The van der Waals surface area contributed by atoms with Gasteiger partial charge in [-0.05, 0) is 32.9 Å². The van der Waals surface area contributed by atoms with E-state index < -0.39 is 14.6 Å². The Labute approximate surface area is 119 Å². The molecule has 1 aromatic rings. The molecule has 0 radical (unpaired) electrons. The van der Waals surface area contributed by atoms with E-state index in [-0.39, 0.29) is 18.2 Å². The van der Waals surface area contributed by atoms with Crippen molar-refractivity contribution in [2.24, 2.45) is 10.9 Å². The first kappa shape index (κ1) is 16.3. The van der Waals surface area contributed by atoms with Gasteiger partial charge in [-0.1, -0.05) is 17.3 Å². The molecule has 0 saturated carbocycles. The van der Waals surface area contributed by atoms with Crippen molar-refractivity contribution < 1.29 is 18.4 Å². The number of sulfone groups is 1. The van der Waals surface area contributed by atoms with Gasteiger partial charge in [-0.3, -0.25) is 0 Å². The molecule has 3 N–H and O–H groups in total. The van der Waals surface area contributed by atoms with E-state index in [4.69, 9.17) is 15.7 Å². The van der Waals surface area contributed by atoms with Crippen molar-refractivity contribution in [1.29, 1.82) is 0 Å². The van der Waals surface area contributed by atoms with Gasteiger partial charge in [0.05, 0.1) is 16.1 Å². The van der Waals surface area contributed by atoms with Crippen LogP contribution < -0.4 is 10.5 Å². The zero-order valence-electron chi connectivity index (χ0n) is 11.8. The van der Waals surface area contributed by atoms with Crippen LogP contribution in [0.25, 0.3) is 0 Å². The molecule has 0 amide bonds. The Morgan fingerprint density at radius 2 is 1.95 bits per heavy atom. The summed E-state index contributed by atoms with van der Waals surface area (Å²) in [6.07, 6.45) is 0. The average molecular weight is 300 g/mol. The summed E-state index contributed by atoms with van der Waals surface area (Å²) in [5, 5.41) is 11.6. The van der Waals surface area contributed by atoms with Gasteiger partial charge < -0.3 is 15.7 Å².